The normalized spacial score (nSPS) is 20.7. The summed E-state index contributed by atoms with van der Waals surface area (Å²) in [5.41, 5.74) is 2.20. The van der Waals surface area contributed by atoms with Crippen molar-refractivity contribution in [1.29, 1.82) is 0 Å². The summed E-state index contributed by atoms with van der Waals surface area (Å²) in [6, 6.07) is 16.0. The van der Waals surface area contributed by atoms with E-state index in [1.807, 2.05) is 4.90 Å². The fourth-order valence-corrected chi connectivity index (χ4v) is 6.39. The molecule has 8 nitrogen and oxygen atoms in total. The van der Waals surface area contributed by atoms with Crippen LogP contribution in [0.2, 0.25) is 0 Å². The SMILES string of the molecule is O=C([C@H]1Cc2cc([N+](=O)[O-])ccc2N2CCN(c3ccc(F)cc3)C[C@@H]12)N1CCN(c2cccc(C(F)(F)F)c2)CC1. The first-order chi connectivity index (χ1) is 20.1. The molecule has 220 valence electrons. The smallest absolute Gasteiger partial charge is 0.368 e. The van der Waals surface area contributed by atoms with Crippen LogP contribution in [0.25, 0.3) is 0 Å². The molecule has 42 heavy (non-hydrogen) atoms. The molecule has 0 bridgehead atoms. The fourth-order valence-electron chi connectivity index (χ4n) is 6.39. The van der Waals surface area contributed by atoms with Gasteiger partial charge in [-0.2, -0.15) is 13.2 Å². The van der Waals surface area contributed by atoms with Crippen LogP contribution >= 0.6 is 0 Å². The van der Waals surface area contributed by atoms with Gasteiger partial charge in [-0.1, -0.05) is 6.07 Å². The maximum absolute atomic E-state index is 14.1. The first kappa shape index (κ1) is 27.8. The maximum Gasteiger partial charge on any atom is 0.416 e. The highest BCUT2D eigenvalue weighted by atomic mass is 19.4. The second-order valence-corrected chi connectivity index (χ2v) is 10.9. The number of nitrogens with zero attached hydrogens (tertiary/aromatic N) is 5. The Morgan fingerprint density at radius 3 is 2.26 bits per heavy atom. The number of benzene rings is 3. The number of amides is 1. The summed E-state index contributed by atoms with van der Waals surface area (Å²) >= 11 is 0. The van der Waals surface area contributed by atoms with Crippen LogP contribution in [-0.2, 0) is 17.4 Å². The molecule has 3 aliphatic rings. The van der Waals surface area contributed by atoms with Crippen molar-refractivity contribution in [2.24, 2.45) is 5.92 Å². The van der Waals surface area contributed by atoms with Crippen molar-refractivity contribution in [2.75, 3.05) is 60.5 Å². The molecular formula is C30H29F4N5O3. The molecule has 0 radical (unpaired) electrons. The van der Waals surface area contributed by atoms with Gasteiger partial charge in [0.1, 0.15) is 5.82 Å². The molecule has 0 unspecified atom stereocenters. The van der Waals surface area contributed by atoms with Crippen molar-refractivity contribution in [1.82, 2.24) is 4.90 Å². The Balaban J connectivity index is 1.23. The highest BCUT2D eigenvalue weighted by molar-refractivity contribution is 5.83. The number of hydrogen-bond acceptors (Lipinski definition) is 6. The third-order valence-corrected chi connectivity index (χ3v) is 8.55. The molecule has 0 aromatic heterocycles. The predicted molar refractivity (Wildman–Crippen MR) is 150 cm³/mol. The number of piperazine rings is 2. The number of nitro benzene ring substituents is 1. The number of carbonyl (C=O) groups is 1. The number of nitro groups is 1. The number of hydrogen-bond donors (Lipinski definition) is 0. The summed E-state index contributed by atoms with van der Waals surface area (Å²) in [6.07, 6.45) is -4.10. The van der Waals surface area contributed by atoms with Gasteiger partial charge in [-0.3, -0.25) is 14.9 Å². The minimum Gasteiger partial charge on any atom is -0.368 e. The van der Waals surface area contributed by atoms with Crippen molar-refractivity contribution in [3.63, 3.8) is 0 Å². The Labute approximate surface area is 239 Å². The van der Waals surface area contributed by atoms with E-state index < -0.39 is 22.6 Å². The number of anilines is 3. The van der Waals surface area contributed by atoms with Gasteiger partial charge in [0.15, 0.2) is 0 Å². The van der Waals surface area contributed by atoms with Crippen molar-refractivity contribution in [2.45, 2.75) is 18.6 Å². The Bertz CT molecular complexity index is 1490. The maximum atomic E-state index is 14.1. The molecule has 2 saturated heterocycles. The third kappa shape index (κ3) is 5.33. The molecule has 1 amide bonds. The second-order valence-electron chi connectivity index (χ2n) is 10.9. The van der Waals surface area contributed by atoms with Gasteiger partial charge in [0.2, 0.25) is 5.91 Å². The zero-order valence-electron chi connectivity index (χ0n) is 22.6. The number of non-ortho nitro benzene ring substituents is 1. The summed E-state index contributed by atoms with van der Waals surface area (Å²) in [4.78, 5) is 33.0. The number of fused-ring (bicyclic) bond motifs is 3. The Hall–Kier alpha value is -4.35. The first-order valence-corrected chi connectivity index (χ1v) is 13.8. The molecule has 0 aliphatic carbocycles. The van der Waals surface area contributed by atoms with Gasteiger partial charge >= 0.3 is 6.18 Å². The minimum absolute atomic E-state index is 0.0296. The quantitative estimate of drug-likeness (QED) is 0.246. The van der Waals surface area contributed by atoms with Crippen LogP contribution in [0, 0.1) is 21.8 Å². The molecule has 0 saturated carbocycles. The highest BCUT2D eigenvalue weighted by Crippen LogP contribution is 2.39. The molecule has 2 fully saturated rings. The molecule has 0 N–H and O–H groups in total. The second kappa shape index (κ2) is 10.8. The lowest BCUT2D eigenvalue weighted by Crippen LogP contribution is -2.62. The number of alkyl halides is 3. The molecule has 2 atom stereocenters. The average Bonchev–Trinajstić information content (AvgIpc) is 3.00. The predicted octanol–water partition coefficient (Wildman–Crippen LogP) is 4.97. The van der Waals surface area contributed by atoms with Crippen molar-refractivity contribution in [3.05, 3.63) is 93.8 Å². The van der Waals surface area contributed by atoms with Crippen molar-refractivity contribution < 1.29 is 27.3 Å². The summed E-state index contributed by atoms with van der Waals surface area (Å²) in [5, 5.41) is 11.5. The van der Waals surface area contributed by atoms with Gasteiger partial charge in [0, 0.05) is 75.0 Å². The fraction of sp³-hybridized carbons (Fsp3) is 0.367. The highest BCUT2D eigenvalue weighted by Gasteiger charge is 2.44. The van der Waals surface area contributed by atoms with Gasteiger partial charge in [-0.05, 0) is 60.5 Å². The number of carbonyl (C=O) groups excluding carboxylic acids is 1. The Morgan fingerprint density at radius 2 is 1.57 bits per heavy atom. The molecule has 3 aromatic carbocycles. The molecule has 0 spiro atoms. The molecule has 3 aliphatic heterocycles. The lowest BCUT2D eigenvalue weighted by atomic mass is 9.82. The number of rotatable bonds is 4. The summed E-state index contributed by atoms with van der Waals surface area (Å²) < 4.78 is 53.3. The van der Waals surface area contributed by atoms with Crippen molar-refractivity contribution >= 4 is 28.7 Å². The van der Waals surface area contributed by atoms with Gasteiger partial charge < -0.3 is 19.6 Å². The van der Waals surface area contributed by atoms with Crippen LogP contribution in [0.3, 0.4) is 0 Å². The Morgan fingerprint density at radius 1 is 0.857 bits per heavy atom. The standard InChI is InChI=1S/C30H29F4N5O3/c31-22-4-6-23(7-5-22)37-14-15-38-27-9-8-25(39(41)42)16-20(27)17-26(28(38)19-37)29(40)36-12-10-35(11-13-36)24-3-1-2-21(18-24)30(32,33)34/h1-9,16,18,26,28H,10-15,17,19H2/t26-,28-/m0/s1. The van der Waals surface area contributed by atoms with E-state index in [4.69, 9.17) is 0 Å². The van der Waals surface area contributed by atoms with Crippen LogP contribution < -0.4 is 14.7 Å². The van der Waals surface area contributed by atoms with E-state index in [1.165, 1.54) is 24.3 Å². The third-order valence-electron chi connectivity index (χ3n) is 8.55. The molecular weight excluding hydrogens is 554 g/mol. The first-order valence-electron chi connectivity index (χ1n) is 13.8. The monoisotopic (exact) mass is 583 g/mol. The van der Waals surface area contributed by atoms with E-state index in [-0.39, 0.29) is 23.5 Å². The van der Waals surface area contributed by atoms with Gasteiger partial charge in [-0.15, -0.1) is 0 Å². The number of halogens is 4. The average molecular weight is 584 g/mol. The Kier molecular flexibility index (Phi) is 7.15. The lowest BCUT2D eigenvalue weighted by molar-refractivity contribution is -0.384. The van der Waals surface area contributed by atoms with Crippen LogP contribution in [0.4, 0.5) is 40.3 Å². The van der Waals surface area contributed by atoms with Gasteiger partial charge in [0.25, 0.3) is 5.69 Å². The van der Waals surface area contributed by atoms with Crippen LogP contribution in [0.5, 0.6) is 0 Å². The zero-order chi connectivity index (χ0) is 29.6. The minimum atomic E-state index is -4.44. The zero-order valence-corrected chi connectivity index (χ0v) is 22.6. The van der Waals surface area contributed by atoms with E-state index in [0.717, 1.165) is 29.1 Å². The molecule has 12 heteroatoms. The summed E-state index contributed by atoms with van der Waals surface area (Å²) in [5.74, 6) is -0.891. The molecule has 3 heterocycles. The van der Waals surface area contributed by atoms with E-state index >= 15 is 0 Å². The molecule has 3 aromatic rings. The lowest BCUT2D eigenvalue weighted by Gasteiger charge is -2.50. The largest absolute Gasteiger partial charge is 0.416 e. The van der Waals surface area contributed by atoms with E-state index in [2.05, 4.69) is 9.80 Å². The van der Waals surface area contributed by atoms with E-state index in [0.29, 0.717) is 57.9 Å². The van der Waals surface area contributed by atoms with E-state index in [1.54, 1.807) is 35.2 Å². The van der Waals surface area contributed by atoms with Crippen molar-refractivity contribution in [3.8, 4) is 0 Å². The van der Waals surface area contributed by atoms with Gasteiger partial charge in [-0.25, -0.2) is 4.39 Å². The topological polar surface area (TPSA) is 73.2 Å². The van der Waals surface area contributed by atoms with E-state index in [9.17, 15) is 32.5 Å². The van der Waals surface area contributed by atoms with Crippen LogP contribution in [-0.4, -0.2) is 67.6 Å². The van der Waals surface area contributed by atoms with Gasteiger partial charge in [0.05, 0.1) is 22.4 Å². The van der Waals surface area contributed by atoms with Crippen LogP contribution in [0.1, 0.15) is 11.1 Å². The molecule has 6 rings (SSSR count). The summed E-state index contributed by atoms with van der Waals surface area (Å²) in [6.45, 7) is 3.21. The summed E-state index contributed by atoms with van der Waals surface area (Å²) in [7, 11) is 0. The van der Waals surface area contributed by atoms with Crippen LogP contribution in [0.15, 0.2) is 66.7 Å².